The maximum absolute atomic E-state index is 12.8. The molecule has 3 aliphatic rings. The third kappa shape index (κ3) is 5.81. The number of allylic oxidation sites excluding steroid dienone is 1. The van der Waals surface area contributed by atoms with Crippen molar-refractivity contribution in [3.63, 3.8) is 0 Å². The standard InChI is InChI=1S/C24H41NO6S/c1-14(2)8-9-19-23(6,31-19)21-20(27-7)18(10-11-24(21)13-29-24)30-22(26)25-17(15(3)4)12-28-16(5)32/h8,15-21,32H,9-13H2,1-7H3,(H,25,26)/t16?,17-,18?,19+,20?,21?,23-,24-/m0/s1. The van der Waals surface area contributed by atoms with Crippen LogP contribution in [0.4, 0.5) is 4.79 Å². The maximum atomic E-state index is 12.8. The van der Waals surface area contributed by atoms with E-state index in [1.54, 1.807) is 7.11 Å². The van der Waals surface area contributed by atoms with Crippen molar-refractivity contribution in [3.05, 3.63) is 11.6 Å². The Balaban J connectivity index is 1.66. The van der Waals surface area contributed by atoms with Gasteiger partial charge in [0.1, 0.15) is 23.4 Å². The summed E-state index contributed by atoms with van der Waals surface area (Å²) in [6.45, 7) is 13.4. The number of thiol groups is 1. The Labute approximate surface area is 198 Å². The van der Waals surface area contributed by atoms with Gasteiger partial charge in [0.05, 0.1) is 36.7 Å². The van der Waals surface area contributed by atoms with E-state index in [1.807, 2.05) is 20.8 Å². The quantitative estimate of drug-likeness (QED) is 0.216. The fourth-order valence-corrected chi connectivity index (χ4v) is 5.12. The van der Waals surface area contributed by atoms with Crippen molar-refractivity contribution in [1.29, 1.82) is 0 Å². The molecule has 3 rings (SSSR count). The average molecular weight is 472 g/mol. The molecule has 32 heavy (non-hydrogen) atoms. The van der Waals surface area contributed by atoms with Crippen molar-refractivity contribution >= 4 is 18.7 Å². The summed E-state index contributed by atoms with van der Waals surface area (Å²) in [6, 6.07) is -0.159. The van der Waals surface area contributed by atoms with Crippen molar-refractivity contribution in [1.82, 2.24) is 5.32 Å². The van der Waals surface area contributed by atoms with Gasteiger partial charge < -0.3 is 29.0 Å². The van der Waals surface area contributed by atoms with Gasteiger partial charge in [0.25, 0.3) is 0 Å². The Kier molecular flexibility index (Phi) is 8.24. The third-order valence-corrected chi connectivity index (χ3v) is 7.27. The van der Waals surface area contributed by atoms with E-state index in [0.717, 1.165) is 12.8 Å². The molecule has 1 amide bonds. The predicted octanol–water partition coefficient (Wildman–Crippen LogP) is 4.11. The molecule has 1 saturated carbocycles. The van der Waals surface area contributed by atoms with Gasteiger partial charge in [-0.25, -0.2) is 4.79 Å². The number of alkyl carbamates (subject to hydrolysis) is 1. The van der Waals surface area contributed by atoms with Crippen LogP contribution in [0.1, 0.15) is 60.8 Å². The lowest BCUT2D eigenvalue weighted by Gasteiger charge is -2.42. The van der Waals surface area contributed by atoms with Gasteiger partial charge in [0, 0.05) is 7.11 Å². The van der Waals surface area contributed by atoms with Crippen molar-refractivity contribution < 1.29 is 28.5 Å². The van der Waals surface area contributed by atoms with Gasteiger partial charge in [-0.15, -0.1) is 12.6 Å². The average Bonchev–Trinajstić information content (AvgIpc) is 3.62. The fourth-order valence-electron chi connectivity index (χ4n) is 5.04. The van der Waals surface area contributed by atoms with Crippen molar-refractivity contribution in [2.75, 3.05) is 20.3 Å². The van der Waals surface area contributed by atoms with E-state index in [0.29, 0.717) is 19.6 Å². The lowest BCUT2D eigenvalue weighted by molar-refractivity contribution is -0.118. The van der Waals surface area contributed by atoms with Crippen molar-refractivity contribution in [3.8, 4) is 0 Å². The molecule has 0 radical (unpaired) electrons. The Morgan fingerprint density at radius 1 is 1.31 bits per heavy atom. The normalized spacial score (nSPS) is 37.7. The fraction of sp³-hybridized carbons (Fsp3) is 0.875. The topological polar surface area (TPSA) is 81.9 Å². The van der Waals surface area contributed by atoms with Gasteiger partial charge in [0.2, 0.25) is 0 Å². The zero-order valence-corrected chi connectivity index (χ0v) is 21.4. The van der Waals surface area contributed by atoms with Crippen LogP contribution in [-0.4, -0.2) is 67.4 Å². The zero-order valence-electron chi connectivity index (χ0n) is 20.6. The number of amides is 1. The molecule has 7 nitrogen and oxygen atoms in total. The lowest BCUT2D eigenvalue weighted by Crippen LogP contribution is -2.56. The number of hydrogen-bond acceptors (Lipinski definition) is 7. The second-order valence-electron chi connectivity index (χ2n) is 10.2. The van der Waals surface area contributed by atoms with Gasteiger partial charge in [-0.05, 0) is 52.9 Å². The third-order valence-electron chi connectivity index (χ3n) is 7.12. The monoisotopic (exact) mass is 471 g/mol. The van der Waals surface area contributed by atoms with Crippen LogP contribution in [0.3, 0.4) is 0 Å². The number of epoxide rings is 2. The molecule has 1 N–H and O–H groups in total. The van der Waals surface area contributed by atoms with Gasteiger partial charge in [-0.3, -0.25) is 0 Å². The Morgan fingerprint density at radius 3 is 2.53 bits per heavy atom. The molecule has 4 unspecified atom stereocenters. The van der Waals surface area contributed by atoms with E-state index in [-0.39, 0.29) is 52.8 Å². The van der Waals surface area contributed by atoms with Crippen LogP contribution in [0, 0.1) is 11.8 Å². The van der Waals surface area contributed by atoms with Gasteiger partial charge in [0.15, 0.2) is 0 Å². The van der Waals surface area contributed by atoms with Crippen LogP contribution >= 0.6 is 12.6 Å². The van der Waals surface area contributed by atoms with E-state index in [4.69, 9.17) is 23.7 Å². The van der Waals surface area contributed by atoms with E-state index >= 15 is 0 Å². The first-order valence-corrected chi connectivity index (χ1v) is 12.3. The highest BCUT2D eigenvalue weighted by Gasteiger charge is 2.72. The molecule has 0 aromatic rings. The summed E-state index contributed by atoms with van der Waals surface area (Å²) in [7, 11) is 1.68. The minimum Gasteiger partial charge on any atom is -0.443 e. The van der Waals surface area contributed by atoms with Gasteiger partial charge in [-0.2, -0.15) is 0 Å². The number of carbonyl (C=O) groups excluding carboxylic acids is 1. The number of hydrogen-bond donors (Lipinski definition) is 2. The highest BCUT2D eigenvalue weighted by atomic mass is 32.1. The van der Waals surface area contributed by atoms with Crippen molar-refractivity contribution in [2.45, 2.75) is 102 Å². The molecule has 8 heteroatoms. The van der Waals surface area contributed by atoms with E-state index < -0.39 is 6.09 Å². The SMILES string of the molecule is COC1C(OC(=O)N[C@@H](COC(C)S)C(C)C)CC[C@]2(CO2)C1[C@@]1(C)O[C@@H]1CC=C(C)C. The highest BCUT2D eigenvalue weighted by molar-refractivity contribution is 7.80. The van der Waals surface area contributed by atoms with Crippen LogP contribution in [-0.2, 0) is 23.7 Å². The summed E-state index contributed by atoms with van der Waals surface area (Å²) in [5.41, 5.74) is 0.502. The number of rotatable bonds is 10. The molecule has 3 fully saturated rings. The molecule has 0 aromatic heterocycles. The number of nitrogens with one attached hydrogen (secondary N) is 1. The molecule has 2 heterocycles. The summed E-state index contributed by atoms with van der Waals surface area (Å²) in [6.07, 6.45) is 3.65. The van der Waals surface area contributed by atoms with Crippen LogP contribution < -0.4 is 5.32 Å². The summed E-state index contributed by atoms with van der Waals surface area (Å²) in [5, 5.41) is 2.96. The first kappa shape index (κ1) is 25.8. The van der Waals surface area contributed by atoms with Crippen LogP contribution in [0.15, 0.2) is 11.6 Å². The van der Waals surface area contributed by atoms with Gasteiger partial charge in [-0.1, -0.05) is 25.5 Å². The largest absolute Gasteiger partial charge is 0.443 e. The molecule has 2 aliphatic heterocycles. The summed E-state index contributed by atoms with van der Waals surface area (Å²) >= 11 is 4.25. The zero-order chi connectivity index (χ0) is 23.7. The molecule has 1 aliphatic carbocycles. The molecule has 184 valence electrons. The lowest BCUT2D eigenvalue weighted by atomic mass is 9.68. The minimum absolute atomic E-state index is 0.0105. The molecular formula is C24H41NO6S. The summed E-state index contributed by atoms with van der Waals surface area (Å²) < 4.78 is 29.6. The molecule has 1 spiro atoms. The maximum Gasteiger partial charge on any atom is 0.407 e. The minimum atomic E-state index is -0.444. The molecule has 0 aromatic carbocycles. The number of methoxy groups -OCH3 is 1. The first-order valence-electron chi connectivity index (χ1n) is 11.8. The van der Waals surface area contributed by atoms with Gasteiger partial charge >= 0.3 is 6.09 Å². The molecule has 0 bridgehead atoms. The first-order chi connectivity index (χ1) is 15.0. The molecule has 2 saturated heterocycles. The van der Waals surface area contributed by atoms with Crippen molar-refractivity contribution in [2.24, 2.45) is 11.8 Å². The predicted molar refractivity (Wildman–Crippen MR) is 126 cm³/mol. The summed E-state index contributed by atoms with van der Waals surface area (Å²) in [5.74, 6) is 0.209. The second kappa shape index (κ2) is 10.2. The number of carbonyl (C=O) groups is 1. The smallest absolute Gasteiger partial charge is 0.407 e. The van der Waals surface area contributed by atoms with E-state index in [9.17, 15) is 4.79 Å². The Morgan fingerprint density at radius 2 is 2.00 bits per heavy atom. The van der Waals surface area contributed by atoms with Crippen LogP contribution in [0.5, 0.6) is 0 Å². The van der Waals surface area contributed by atoms with Crippen LogP contribution in [0.2, 0.25) is 0 Å². The molecular weight excluding hydrogens is 430 g/mol. The summed E-state index contributed by atoms with van der Waals surface area (Å²) in [4.78, 5) is 12.8. The Bertz CT molecular complexity index is 690. The Hall–Kier alpha value is -0.800. The van der Waals surface area contributed by atoms with E-state index in [1.165, 1.54) is 5.57 Å². The van der Waals surface area contributed by atoms with E-state index in [2.05, 4.69) is 44.8 Å². The van der Waals surface area contributed by atoms with Crippen LogP contribution in [0.25, 0.3) is 0 Å². The second-order valence-corrected chi connectivity index (χ2v) is 11.0. The number of ether oxygens (including phenoxy) is 5. The molecule has 8 atom stereocenters. The highest BCUT2D eigenvalue weighted by Crippen LogP contribution is 2.59.